The van der Waals surface area contributed by atoms with Crippen molar-refractivity contribution in [1.82, 2.24) is 0 Å². The maximum absolute atomic E-state index is 13.1. The zero-order valence-electron chi connectivity index (χ0n) is 18.2. The first-order chi connectivity index (χ1) is 12.4. The maximum atomic E-state index is 13.1. The van der Waals surface area contributed by atoms with E-state index in [-0.39, 0.29) is 11.4 Å². The molecule has 0 aliphatic heterocycles. The van der Waals surface area contributed by atoms with Gasteiger partial charge >= 0.3 is 0 Å². The molecule has 5 heteroatoms. The molecule has 0 saturated heterocycles. The summed E-state index contributed by atoms with van der Waals surface area (Å²) in [6.07, 6.45) is 0. The van der Waals surface area contributed by atoms with Crippen molar-refractivity contribution in [3.05, 3.63) is 48.3 Å². The van der Waals surface area contributed by atoms with E-state index in [9.17, 15) is 8.42 Å². The minimum Gasteiger partial charge on any atom is -0.388 e. The van der Waals surface area contributed by atoms with Crippen LogP contribution in [0.3, 0.4) is 0 Å². The molecule has 19 heavy (non-hydrogen) atoms. The van der Waals surface area contributed by atoms with E-state index in [1.54, 1.807) is 0 Å². The third-order valence-electron chi connectivity index (χ3n) is 2.24. The van der Waals surface area contributed by atoms with E-state index in [2.05, 4.69) is 10.6 Å². The van der Waals surface area contributed by atoms with E-state index in [4.69, 9.17) is 11.0 Å². The summed E-state index contributed by atoms with van der Waals surface area (Å²) in [4.78, 5) is -2.01. The molecule has 100 valence electrons. The average molecular weight is 284 g/mol. The molecule has 0 fully saturated rings. The van der Waals surface area contributed by atoms with Gasteiger partial charge in [0.15, 0.2) is 0 Å². The molecular formula is C14H16N2O2S. The molecule has 0 radical (unpaired) electrons. The molecular weight excluding hydrogens is 260 g/mol. The van der Waals surface area contributed by atoms with Gasteiger partial charge in [-0.3, -0.25) is 0 Å². The van der Waals surface area contributed by atoms with E-state index in [0.717, 1.165) is 0 Å². The molecule has 0 aliphatic rings. The highest BCUT2D eigenvalue weighted by Crippen LogP contribution is 2.23. The number of hydrogen-bond acceptors (Lipinski definition) is 4. The second-order valence-electron chi connectivity index (χ2n) is 3.41. The molecule has 0 atom stereocenters. The summed E-state index contributed by atoms with van der Waals surface area (Å²) >= 11 is 0. The van der Waals surface area contributed by atoms with Crippen LogP contribution < -0.4 is 10.6 Å². The molecule has 0 spiro atoms. The standard InChI is InChI=1S/C14H16N2O2S/c1-15-11-3-7-13(8-4-11)19(17,18)14-9-5-12(16-2)6-10-14/h3-10,15-16H,1-2H3/i3D,4D,5D,6D,7D,8D,9D,10D. The lowest BCUT2D eigenvalue weighted by molar-refractivity contribution is 0.596. The Kier molecular flexibility index (Phi) is 1.80. The SMILES string of the molecule is [2H]c1c([2H])c(S(=O)(=O)c2c([2H])c([2H])c(NC)c([2H])c2[2H])c([2H])c([2H])c1NC. The molecule has 4 nitrogen and oxygen atoms in total. The maximum Gasteiger partial charge on any atom is 0.206 e. The van der Waals surface area contributed by atoms with Crippen molar-refractivity contribution < 1.29 is 19.4 Å². The van der Waals surface area contributed by atoms with Crippen molar-refractivity contribution in [3.8, 4) is 0 Å². The predicted molar refractivity (Wildman–Crippen MR) is 77.4 cm³/mol. The monoisotopic (exact) mass is 284 g/mol. The van der Waals surface area contributed by atoms with Gasteiger partial charge in [-0.05, 0) is 48.3 Å². The molecule has 2 aromatic carbocycles. The minimum absolute atomic E-state index is 0.200. The van der Waals surface area contributed by atoms with Gasteiger partial charge in [0.05, 0.1) is 20.8 Å². The van der Waals surface area contributed by atoms with Crippen LogP contribution in [-0.4, -0.2) is 22.5 Å². The summed E-state index contributed by atoms with van der Waals surface area (Å²) in [5.41, 5.74) is -0.400. The van der Waals surface area contributed by atoms with Crippen LogP contribution in [0.2, 0.25) is 0 Å². The van der Waals surface area contributed by atoms with Gasteiger partial charge in [0.2, 0.25) is 9.84 Å². The third-order valence-corrected chi connectivity index (χ3v) is 3.72. The first-order valence-electron chi connectivity index (χ1n) is 9.24. The minimum atomic E-state index is -4.89. The lowest BCUT2D eigenvalue weighted by atomic mass is 10.3. The summed E-state index contributed by atoms with van der Waals surface area (Å²) in [6, 6.07) is -5.97. The van der Waals surface area contributed by atoms with Gasteiger partial charge in [-0.25, -0.2) is 8.42 Å². The normalized spacial score (nSPS) is 16.9. The quantitative estimate of drug-likeness (QED) is 0.906. The number of sulfone groups is 1. The fourth-order valence-electron chi connectivity index (χ4n) is 1.22. The summed E-state index contributed by atoms with van der Waals surface area (Å²) in [6.45, 7) is 0. The molecule has 2 aromatic rings. The Morgan fingerprint density at radius 2 is 1.11 bits per heavy atom. The van der Waals surface area contributed by atoms with Gasteiger partial charge in [0.1, 0.15) is 0 Å². The molecule has 0 bridgehead atoms. The number of anilines is 2. The molecule has 0 unspecified atom stereocenters. The fourth-order valence-corrected chi connectivity index (χ4v) is 2.17. The van der Waals surface area contributed by atoms with Crippen LogP contribution in [0.25, 0.3) is 0 Å². The first-order valence-corrected chi connectivity index (χ1v) is 6.72. The van der Waals surface area contributed by atoms with E-state index < -0.39 is 68.0 Å². The van der Waals surface area contributed by atoms with Crippen LogP contribution in [0.4, 0.5) is 11.4 Å². The highest BCUT2D eigenvalue weighted by Gasteiger charge is 2.17. The highest BCUT2D eigenvalue weighted by molar-refractivity contribution is 7.91. The van der Waals surface area contributed by atoms with Crippen molar-refractivity contribution in [1.29, 1.82) is 0 Å². The van der Waals surface area contributed by atoms with E-state index in [1.165, 1.54) is 14.1 Å². The second-order valence-corrected chi connectivity index (χ2v) is 5.24. The number of benzene rings is 2. The summed E-state index contributed by atoms with van der Waals surface area (Å²) in [5.74, 6) is 0. The summed E-state index contributed by atoms with van der Waals surface area (Å²) < 4.78 is 89.5. The Balaban J connectivity index is 3.00. The topological polar surface area (TPSA) is 58.2 Å². The highest BCUT2D eigenvalue weighted by atomic mass is 32.2. The zero-order chi connectivity index (χ0) is 20.8. The van der Waals surface area contributed by atoms with Crippen LogP contribution in [-0.2, 0) is 9.84 Å². The van der Waals surface area contributed by atoms with Crippen LogP contribution >= 0.6 is 0 Å². The molecule has 0 amide bonds. The molecule has 0 saturated carbocycles. The second kappa shape index (κ2) is 5.32. The lowest BCUT2D eigenvalue weighted by Crippen LogP contribution is -2.02. The largest absolute Gasteiger partial charge is 0.388 e. The van der Waals surface area contributed by atoms with Crippen molar-refractivity contribution in [2.45, 2.75) is 9.79 Å². The van der Waals surface area contributed by atoms with Crippen molar-refractivity contribution >= 4 is 21.2 Å². The van der Waals surface area contributed by atoms with Crippen LogP contribution in [0.5, 0.6) is 0 Å². The summed E-state index contributed by atoms with van der Waals surface area (Å²) in [7, 11) is -2.17. The lowest BCUT2D eigenvalue weighted by Gasteiger charge is -2.07. The fraction of sp³-hybridized carbons (Fsp3) is 0.143. The average Bonchev–Trinajstić information content (AvgIpc) is 2.59. The van der Waals surface area contributed by atoms with Gasteiger partial charge in [0, 0.05) is 25.5 Å². The Morgan fingerprint density at radius 1 is 0.789 bits per heavy atom. The number of rotatable bonds is 4. The predicted octanol–water partition coefficient (Wildman–Crippen LogP) is 2.60. The van der Waals surface area contributed by atoms with Gasteiger partial charge in [0.25, 0.3) is 0 Å². The van der Waals surface area contributed by atoms with Crippen LogP contribution in [0, 0.1) is 0 Å². The van der Waals surface area contributed by atoms with Crippen LogP contribution in [0.15, 0.2) is 58.1 Å². The Labute approximate surface area is 124 Å². The number of hydrogen-bond donors (Lipinski definition) is 2. The van der Waals surface area contributed by atoms with Gasteiger partial charge in [-0.1, -0.05) is 0 Å². The summed E-state index contributed by atoms with van der Waals surface area (Å²) in [5, 5.41) is 4.94. The molecule has 2 rings (SSSR count). The van der Waals surface area contributed by atoms with Gasteiger partial charge < -0.3 is 10.6 Å². The Bertz CT molecular complexity index is 921. The van der Waals surface area contributed by atoms with E-state index in [0.29, 0.717) is 0 Å². The number of nitrogens with one attached hydrogen (secondary N) is 2. The van der Waals surface area contributed by atoms with Gasteiger partial charge in [-0.15, -0.1) is 0 Å². The third kappa shape index (κ3) is 2.71. The van der Waals surface area contributed by atoms with Crippen LogP contribution in [0.1, 0.15) is 11.0 Å². The zero-order valence-corrected chi connectivity index (χ0v) is 11.0. The molecule has 0 heterocycles. The molecule has 0 aliphatic carbocycles. The first kappa shape index (κ1) is 6.43. The Hall–Kier alpha value is -2.01. The smallest absolute Gasteiger partial charge is 0.206 e. The van der Waals surface area contributed by atoms with E-state index >= 15 is 0 Å². The van der Waals surface area contributed by atoms with Crippen molar-refractivity contribution in [2.75, 3.05) is 24.7 Å². The molecule has 2 N–H and O–H groups in total. The van der Waals surface area contributed by atoms with E-state index in [1.807, 2.05) is 0 Å². The van der Waals surface area contributed by atoms with Crippen molar-refractivity contribution in [3.63, 3.8) is 0 Å². The Morgan fingerprint density at radius 3 is 1.37 bits per heavy atom. The van der Waals surface area contributed by atoms with Gasteiger partial charge in [-0.2, -0.15) is 0 Å². The molecule has 0 aromatic heterocycles. The van der Waals surface area contributed by atoms with Crippen molar-refractivity contribution in [2.24, 2.45) is 0 Å².